The molecule has 3 rings (SSSR count). The summed E-state index contributed by atoms with van der Waals surface area (Å²) in [5.41, 5.74) is 0.984. The van der Waals surface area contributed by atoms with Gasteiger partial charge >= 0.3 is 5.97 Å². The van der Waals surface area contributed by atoms with Crippen LogP contribution in [0.25, 0.3) is 10.2 Å². The smallest absolute Gasteiger partial charge is 0.328 e. The van der Waals surface area contributed by atoms with Crippen molar-refractivity contribution in [2.45, 2.75) is 25.3 Å². The number of hydrogen-bond acceptors (Lipinski definition) is 5. The summed E-state index contributed by atoms with van der Waals surface area (Å²) in [5.74, 6) is -1.13. The van der Waals surface area contributed by atoms with Gasteiger partial charge in [0.05, 0.1) is 28.4 Å². The van der Waals surface area contributed by atoms with Gasteiger partial charge in [-0.15, -0.1) is 11.3 Å². The third kappa shape index (κ3) is 3.68. The third-order valence-corrected chi connectivity index (χ3v) is 4.95. The van der Waals surface area contributed by atoms with Crippen molar-refractivity contribution in [3.63, 3.8) is 0 Å². The zero-order chi connectivity index (χ0) is 16.2. The topological polar surface area (TPSA) is 79.7 Å². The van der Waals surface area contributed by atoms with E-state index in [4.69, 9.17) is 9.84 Å². The number of thiazole rings is 1. The van der Waals surface area contributed by atoms with Crippen molar-refractivity contribution in [1.29, 1.82) is 0 Å². The molecule has 1 aromatic heterocycles. The number of aryl methyl sites for hydroxylation is 1. The maximum absolute atomic E-state index is 12.3. The average Bonchev–Trinajstić information content (AvgIpc) is 2.97. The maximum Gasteiger partial charge on any atom is 0.328 e. The van der Waals surface area contributed by atoms with Crippen molar-refractivity contribution in [1.82, 2.24) is 9.88 Å². The first-order valence-electron chi connectivity index (χ1n) is 7.59. The Morgan fingerprint density at radius 2 is 2.22 bits per heavy atom. The van der Waals surface area contributed by atoms with E-state index < -0.39 is 12.0 Å². The molecule has 1 fully saturated rings. The molecule has 0 spiro atoms. The Bertz CT molecular complexity index is 682. The second-order valence-electron chi connectivity index (χ2n) is 5.44. The van der Waals surface area contributed by atoms with E-state index in [0.717, 1.165) is 21.6 Å². The number of nitrogens with zero attached hydrogens (tertiary/aromatic N) is 2. The number of aromatic nitrogens is 1. The molecule has 1 aromatic carbocycles. The van der Waals surface area contributed by atoms with Gasteiger partial charge in [0.2, 0.25) is 5.91 Å². The van der Waals surface area contributed by atoms with Crippen molar-refractivity contribution in [2.75, 3.05) is 19.8 Å². The lowest BCUT2D eigenvalue weighted by molar-refractivity contribution is -0.158. The lowest BCUT2D eigenvalue weighted by atomic mass is 10.1. The zero-order valence-electron chi connectivity index (χ0n) is 12.6. The minimum atomic E-state index is -1.01. The third-order valence-electron chi connectivity index (χ3n) is 3.85. The van der Waals surface area contributed by atoms with Crippen LogP contribution in [-0.2, 0) is 20.7 Å². The monoisotopic (exact) mass is 334 g/mol. The Morgan fingerprint density at radius 3 is 3.00 bits per heavy atom. The largest absolute Gasteiger partial charge is 0.480 e. The molecule has 122 valence electrons. The highest BCUT2D eigenvalue weighted by Gasteiger charge is 2.32. The van der Waals surface area contributed by atoms with Crippen LogP contribution in [0.15, 0.2) is 24.3 Å². The molecular formula is C16H18N2O4S. The highest BCUT2D eigenvalue weighted by molar-refractivity contribution is 7.18. The van der Waals surface area contributed by atoms with Crippen LogP contribution in [0, 0.1) is 0 Å². The van der Waals surface area contributed by atoms with Crippen molar-refractivity contribution in [3.8, 4) is 0 Å². The van der Waals surface area contributed by atoms with Crippen molar-refractivity contribution >= 4 is 33.4 Å². The first-order valence-corrected chi connectivity index (χ1v) is 8.41. The van der Waals surface area contributed by atoms with Crippen molar-refractivity contribution in [2.24, 2.45) is 0 Å². The summed E-state index contributed by atoms with van der Waals surface area (Å²) in [4.78, 5) is 29.4. The molecule has 0 saturated carbocycles. The van der Waals surface area contributed by atoms with Gasteiger partial charge in [-0.3, -0.25) is 4.79 Å². The van der Waals surface area contributed by atoms with Crippen LogP contribution in [-0.4, -0.2) is 52.7 Å². The number of rotatable bonds is 5. The Morgan fingerprint density at radius 1 is 1.39 bits per heavy atom. The van der Waals surface area contributed by atoms with Gasteiger partial charge in [-0.05, 0) is 25.0 Å². The molecule has 1 aliphatic rings. The molecule has 23 heavy (non-hydrogen) atoms. The first-order chi connectivity index (χ1) is 11.1. The fourth-order valence-electron chi connectivity index (χ4n) is 2.67. The molecule has 1 saturated heterocycles. The Kier molecular flexibility index (Phi) is 4.88. The quantitative estimate of drug-likeness (QED) is 0.904. The van der Waals surface area contributed by atoms with Crippen LogP contribution in [0.1, 0.15) is 17.8 Å². The second kappa shape index (κ2) is 7.06. The van der Waals surface area contributed by atoms with E-state index in [9.17, 15) is 9.59 Å². The Labute approximate surface area is 137 Å². The molecule has 0 aliphatic carbocycles. The van der Waals surface area contributed by atoms with Crippen LogP contribution in [0.3, 0.4) is 0 Å². The molecule has 0 bridgehead atoms. The summed E-state index contributed by atoms with van der Waals surface area (Å²) in [6.45, 7) is 0.809. The van der Waals surface area contributed by atoms with Gasteiger partial charge in [0, 0.05) is 13.0 Å². The van der Waals surface area contributed by atoms with Crippen molar-refractivity contribution in [3.05, 3.63) is 29.3 Å². The van der Waals surface area contributed by atoms with Gasteiger partial charge in [0.15, 0.2) is 6.04 Å². The minimum absolute atomic E-state index is 0.0684. The molecular weight excluding hydrogens is 316 g/mol. The number of aliphatic carboxylic acids is 1. The molecule has 7 heteroatoms. The number of para-hydroxylation sites is 1. The highest BCUT2D eigenvalue weighted by Crippen LogP contribution is 2.23. The van der Waals surface area contributed by atoms with Crippen LogP contribution in [0.4, 0.5) is 0 Å². The van der Waals surface area contributed by atoms with Gasteiger partial charge in [0.1, 0.15) is 0 Å². The number of benzene rings is 1. The number of carboxylic acid groups (broad SMARTS) is 1. The van der Waals surface area contributed by atoms with E-state index >= 15 is 0 Å². The number of carboxylic acids is 1. The summed E-state index contributed by atoms with van der Waals surface area (Å²) in [5, 5.41) is 10.2. The molecule has 2 aromatic rings. The number of amides is 1. The van der Waals surface area contributed by atoms with Gasteiger partial charge in [-0.1, -0.05) is 12.1 Å². The van der Waals surface area contributed by atoms with Gasteiger partial charge in [-0.2, -0.15) is 0 Å². The molecule has 1 atom stereocenters. The number of carbonyl (C=O) groups excluding carboxylic acids is 1. The maximum atomic E-state index is 12.3. The Hall–Kier alpha value is -1.99. The molecule has 0 unspecified atom stereocenters. The lowest BCUT2D eigenvalue weighted by Crippen LogP contribution is -2.52. The normalized spacial score (nSPS) is 18.3. The van der Waals surface area contributed by atoms with E-state index in [-0.39, 0.29) is 12.5 Å². The van der Waals surface area contributed by atoms with E-state index in [1.807, 2.05) is 24.3 Å². The van der Waals surface area contributed by atoms with Crippen LogP contribution in [0.2, 0.25) is 0 Å². The summed E-state index contributed by atoms with van der Waals surface area (Å²) in [6, 6.07) is 7.09. The number of morpholine rings is 1. The SMILES string of the molecule is O=C(O)[C@H]1COCCN1C(=O)CCCc1nc2ccccc2s1. The fraction of sp³-hybridized carbons (Fsp3) is 0.438. The predicted octanol–water partition coefficient (Wildman–Crippen LogP) is 1.93. The molecule has 6 nitrogen and oxygen atoms in total. The highest BCUT2D eigenvalue weighted by atomic mass is 32.1. The summed E-state index contributed by atoms with van der Waals surface area (Å²) >= 11 is 1.64. The molecule has 0 radical (unpaired) electrons. The minimum Gasteiger partial charge on any atom is -0.480 e. The number of fused-ring (bicyclic) bond motifs is 1. The molecule has 1 aliphatic heterocycles. The average molecular weight is 334 g/mol. The van der Waals surface area contributed by atoms with E-state index in [0.29, 0.717) is 26.0 Å². The first kappa shape index (κ1) is 15.9. The van der Waals surface area contributed by atoms with Gasteiger partial charge in [-0.25, -0.2) is 9.78 Å². The zero-order valence-corrected chi connectivity index (χ0v) is 13.4. The summed E-state index contributed by atoms with van der Waals surface area (Å²) < 4.78 is 6.29. The van der Waals surface area contributed by atoms with Gasteiger partial charge < -0.3 is 14.7 Å². The van der Waals surface area contributed by atoms with Crippen LogP contribution >= 0.6 is 11.3 Å². The number of hydrogen-bond donors (Lipinski definition) is 1. The Balaban J connectivity index is 1.55. The van der Waals surface area contributed by atoms with Crippen molar-refractivity contribution < 1.29 is 19.4 Å². The lowest BCUT2D eigenvalue weighted by Gasteiger charge is -2.32. The molecule has 1 amide bonds. The fourth-order valence-corrected chi connectivity index (χ4v) is 3.68. The van der Waals surface area contributed by atoms with Crippen LogP contribution < -0.4 is 0 Å². The number of carbonyl (C=O) groups is 2. The second-order valence-corrected chi connectivity index (χ2v) is 6.56. The molecule has 2 heterocycles. The summed E-state index contributed by atoms with van der Waals surface area (Å²) in [7, 11) is 0. The van der Waals surface area contributed by atoms with Crippen LogP contribution in [0.5, 0.6) is 0 Å². The van der Waals surface area contributed by atoms with E-state index in [1.165, 1.54) is 4.90 Å². The van der Waals surface area contributed by atoms with E-state index in [1.54, 1.807) is 11.3 Å². The van der Waals surface area contributed by atoms with E-state index in [2.05, 4.69) is 4.98 Å². The van der Waals surface area contributed by atoms with Gasteiger partial charge in [0.25, 0.3) is 0 Å². The summed E-state index contributed by atoms with van der Waals surface area (Å²) in [6.07, 6.45) is 1.73. The predicted molar refractivity (Wildman–Crippen MR) is 86.5 cm³/mol. The number of ether oxygens (including phenoxy) is 1. The molecule has 1 N–H and O–H groups in total. The standard InChI is InChI=1S/C16H18N2O4S/c19-15(18-8-9-22-10-12(18)16(20)21)7-3-6-14-17-11-4-1-2-5-13(11)23-14/h1-2,4-5,12H,3,6-10H2,(H,20,21)/t12-/m1/s1.